The van der Waals surface area contributed by atoms with Gasteiger partial charge in [0.15, 0.2) is 5.96 Å². The van der Waals surface area contributed by atoms with Crippen molar-refractivity contribution in [2.75, 3.05) is 19.3 Å². The number of aliphatic imine (C=N–C) groups is 1. The zero-order valence-electron chi connectivity index (χ0n) is 16.1. The van der Waals surface area contributed by atoms with Crippen LogP contribution in [0.5, 0.6) is 0 Å². The molecule has 0 amide bonds. The lowest BCUT2D eigenvalue weighted by Crippen LogP contribution is -2.37. The molecular weight excluding hydrogens is 502 g/mol. The van der Waals surface area contributed by atoms with Gasteiger partial charge in [-0.1, -0.05) is 6.07 Å². The maximum atomic E-state index is 12.9. The van der Waals surface area contributed by atoms with Crippen molar-refractivity contribution in [2.45, 2.75) is 17.9 Å². The summed E-state index contributed by atoms with van der Waals surface area (Å²) in [7, 11) is 1.75. The second-order valence-corrected chi connectivity index (χ2v) is 7.17. The van der Waals surface area contributed by atoms with Crippen molar-refractivity contribution in [3.8, 4) is 5.82 Å². The van der Waals surface area contributed by atoms with Gasteiger partial charge in [-0.05, 0) is 48.1 Å². The minimum atomic E-state index is -0.201. The minimum absolute atomic E-state index is 0. The zero-order valence-corrected chi connectivity index (χ0v) is 19.2. The molecule has 3 rings (SSSR count). The summed E-state index contributed by atoms with van der Waals surface area (Å²) in [6, 6.07) is 10.6. The van der Waals surface area contributed by atoms with E-state index in [1.54, 1.807) is 43.5 Å². The predicted molar refractivity (Wildman–Crippen MR) is 127 cm³/mol. The molecule has 2 N–H and O–H groups in total. The second kappa shape index (κ2) is 12.4. The summed E-state index contributed by atoms with van der Waals surface area (Å²) in [5.74, 6) is 2.34. The predicted octanol–water partition coefficient (Wildman–Crippen LogP) is 3.87. The van der Waals surface area contributed by atoms with Gasteiger partial charge in [0.05, 0.1) is 0 Å². The van der Waals surface area contributed by atoms with E-state index in [9.17, 15) is 4.39 Å². The average Bonchev–Trinajstić information content (AvgIpc) is 3.27. The van der Waals surface area contributed by atoms with Gasteiger partial charge >= 0.3 is 0 Å². The number of nitrogens with one attached hydrogen (secondary N) is 2. The third kappa shape index (κ3) is 7.65. The average molecular weight is 526 g/mol. The molecule has 154 valence electrons. The Morgan fingerprint density at radius 2 is 2.00 bits per heavy atom. The number of thioether (sulfide) groups is 1. The number of guanidine groups is 1. The molecule has 6 nitrogen and oxygen atoms in total. The lowest BCUT2D eigenvalue weighted by atomic mass is 10.3. The summed E-state index contributed by atoms with van der Waals surface area (Å²) in [6.07, 6.45) is 8.13. The molecule has 0 radical (unpaired) electrons. The Kier molecular flexibility index (Phi) is 9.92. The standard InChI is InChI=1S/C20H23FN6S.HI/c1-22-20(24-9-2-12-28-18-6-4-17(21)5-7-18)26-14-16-3-8-19(25-13-16)27-11-10-23-15-27;/h3-8,10-11,13,15H,2,9,12,14H2,1H3,(H2,22,24,26);1H. The van der Waals surface area contributed by atoms with Crippen LogP contribution in [0.25, 0.3) is 5.82 Å². The van der Waals surface area contributed by atoms with E-state index in [1.807, 2.05) is 29.1 Å². The van der Waals surface area contributed by atoms with Crippen LogP contribution in [-0.2, 0) is 6.54 Å². The first-order valence-corrected chi connectivity index (χ1v) is 9.99. The molecule has 0 fully saturated rings. The topological polar surface area (TPSA) is 67.1 Å². The third-order valence-corrected chi connectivity index (χ3v) is 5.06. The Balaban J connectivity index is 0.00000300. The number of hydrogen-bond donors (Lipinski definition) is 2. The van der Waals surface area contributed by atoms with Crippen LogP contribution in [0.4, 0.5) is 4.39 Å². The van der Waals surface area contributed by atoms with Crippen molar-refractivity contribution in [3.63, 3.8) is 0 Å². The Hall–Kier alpha value is -2.14. The van der Waals surface area contributed by atoms with E-state index in [4.69, 9.17) is 0 Å². The number of hydrogen-bond acceptors (Lipinski definition) is 4. The molecule has 0 spiro atoms. The molecule has 0 saturated carbocycles. The summed E-state index contributed by atoms with van der Waals surface area (Å²) in [5.41, 5.74) is 1.07. The fourth-order valence-corrected chi connectivity index (χ4v) is 3.33. The van der Waals surface area contributed by atoms with Crippen molar-refractivity contribution in [1.29, 1.82) is 0 Å². The summed E-state index contributed by atoms with van der Waals surface area (Å²) >= 11 is 1.72. The monoisotopic (exact) mass is 526 g/mol. The van der Waals surface area contributed by atoms with E-state index in [1.165, 1.54) is 12.1 Å². The van der Waals surface area contributed by atoms with E-state index in [2.05, 4.69) is 25.6 Å². The maximum Gasteiger partial charge on any atom is 0.191 e. The summed E-state index contributed by atoms with van der Waals surface area (Å²) in [5, 5.41) is 6.59. The number of rotatable bonds is 8. The van der Waals surface area contributed by atoms with Crippen molar-refractivity contribution < 1.29 is 4.39 Å². The fraction of sp³-hybridized carbons (Fsp3) is 0.250. The highest BCUT2D eigenvalue weighted by Crippen LogP contribution is 2.18. The number of imidazole rings is 1. The Bertz CT molecular complexity index is 869. The Labute approximate surface area is 191 Å². The van der Waals surface area contributed by atoms with Gasteiger partial charge in [-0.25, -0.2) is 14.4 Å². The van der Waals surface area contributed by atoms with Crippen LogP contribution < -0.4 is 10.6 Å². The lowest BCUT2D eigenvalue weighted by Gasteiger charge is -2.12. The highest BCUT2D eigenvalue weighted by Gasteiger charge is 2.01. The first-order chi connectivity index (χ1) is 13.7. The normalized spacial score (nSPS) is 11.0. The molecule has 0 saturated heterocycles. The number of halogens is 2. The van der Waals surface area contributed by atoms with Crippen LogP contribution >= 0.6 is 35.7 Å². The Morgan fingerprint density at radius 1 is 1.17 bits per heavy atom. The van der Waals surface area contributed by atoms with Crippen LogP contribution in [0.15, 0.2) is 71.2 Å². The molecule has 1 aromatic carbocycles. The van der Waals surface area contributed by atoms with Gasteiger partial charge in [-0.15, -0.1) is 35.7 Å². The van der Waals surface area contributed by atoms with Gasteiger partial charge in [0.2, 0.25) is 0 Å². The van der Waals surface area contributed by atoms with Crippen LogP contribution in [0.1, 0.15) is 12.0 Å². The van der Waals surface area contributed by atoms with E-state index in [0.29, 0.717) is 6.54 Å². The van der Waals surface area contributed by atoms with Crippen LogP contribution in [0.3, 0.4) is 0 Å². The zero-order chi connectivity index (χ0) is 19.6. The molecule has 0 aliphatic carbocycles. The van der Waals surface area contributed by atoms with E-state index in [0.717, 1.165) is 41.0 Å². The quantitative estimate of drug-likeness (QED) is 0.153. The molecule has 0 aliphatic rings. The van der Waals surface area contributed by atoms with Crippen LogP contribution in [-0.4, -0.2) is 39.8 Å². The molecule has 3 aromatic rings. The van der Waals surface area contributed by atoms with Crippen molar-refractivity contribution in [3.05, 3.63) is 72.7 Å². The second-order valence-electron chi connectivity index (χ2n) is 6.00. The first-order valence-electron chi connectivity index (χ1n) is 9.01. The number of nitrogens with zero attached hydrogens (tertiary/aromatic N) is 4. The highest BCUT2D eigenvalue weighted by atomic mass is 127. The summed E-state index contributed by atoms with van der Waals surface area (Å²) in [6.45, 7) is 1.45. The molecule has 0 unspecified atom stereocenters. The smallest absolute Gasteiger partial charge is 0.191 e. The molecule has 0 atom stereocenters. The molecule has 2 aromatic heterocycles. The SMILES string of the molecule is CN=C(NCCCSc1ccc(F)cc1)NCc1ccc(-n2ccnc2)nc1.I. The summed E-state index contributed by atoms with van der Waals surface area (Å²) in [4.78, 5) is 13.8. The largest absolute Gasteiger partial charge is 0.356 e. The van der Waals surface area contributed by atoms with Crippen molar-refractivity contribution in [2.24, 2.45) is 4.99 Å². The number of pyridine rings is 1. The first kappa shape index (κ1) is 23.1. The van der Waals surface area contributed by atoms with Crippen LogP contribution in [0, 0.1) is 5.82 Å². The van der Waals surface area contributed by atoms with Gasteiger partial charge in [0.1, 0.15) is 18.0 Å². The molecule has 2 heterocycles. The highest BCUT2D eigenvalue weighted by molar-refractivity contribution is 14.0. The molecular formula is C20H24FIN6S. The maximum absolute atomic E-state index is 12.9. The number of aromatic nitrogens is 3. The van der Waals surface area contributed by atoms with Crippen molar-refractivity contribution >= 4 is 41.7 Å². The molecule has 0 aliphatic heterocycles. The lowest BCUT2D eigenvalue weighted by molar-refractivity contribution is 0.626. The van der Waals surface area contributed by atoms with Gasteiger partial charge in [-0.3, -0.25) is 9.56 Å². The van der Waals surface area contributed by atoms with Crippen LogP contribution in [0.2, 0.25) is 0 Å². The third-order valence-electron chi connectivity index (χ3n) is 3.96. The minimum Gasteiger partial charge on any atom is -0.356 e. The molecule has 29 heavy (non-hydrogen) atoms. The van der Waals surface area contributed by atoms with Gasteiger partial charge in [0.25, 0.3) is 0 Å². The number of benzene rings is 1. The summed E-state index contributed by atoms with van der Waals surface area (Å²) < 4.78 is 14.8. The Morgan fingerprint density at radius 3 is 2.66 bits per heavy atom. The molecule has 0 bridgehead atoms. The molecule has 9 heteroatoms. The van der Waals surface area contributed by atoms with E-state index in [-0.39, 0.29) is 29.8 Å². The van der Waals surface area contributed by atoms with E-state index < -0.39 is 0 Å². The van der Waals surface area contributed by atoms with E-state index >= 15 is 0 Å². The van der Waals surface area contributed by atoms with Crippen molar-refractivity contribution in [1.82, 2.24) is 25.2 Å². The van der Waals surface area contributed by atoms with Gasteiger partial charge in [-0.2, -0.15) is 0 Å². The fourth-order valence-electron chi connectivity index (χ4n) is 2.47. The van der Waals surface area contributed by atoms with Gasteiger partial charge in [0, 0.05) is 43.6 Å². The van der Waals surface area contributed by atoms with Gasteiger partial charge < -0.3 is 10.6 Å².